The average molecular weight is 714 g/mol. The molecular formula is C45H71N5O2. The Balaban J connectivity index is 1.25. The van der Waals surface area contributed by atoms with Gasteiger partial charge in [0, 0.05) is 32.5 Å². The fourth-order valence-corrected chi connectivity index (χ4v) is 14.0. The van der Waals surface area contributed by atoms with E-state index < -0.39 is 0 Å². The lowest BCUT2D eigenvalue weighted by atomic mass is 9.32. The van der Waals surface area contributed by atoms with Gasteiger partial charge in [0.1, 0.15) is 0 Å². The maximum Gasteiger partial charge on any atom is 0.226 e. The van der Waals surface area contributed by atoms with Gasteiger partial charge < -0.3 is 15.0 Å². The molecule has 0 unspecified atom stereocenters. The van der Waals surface area contributed by atoms with Crippen molar-refractivity contribution in [3.8, 4) is 18.2 Å². The summed E-state index contributed by atoms with van der Waals surface area (Å²) in [6.45, 7) is 23.4. The number of amides is 1. The molecule has 7 nitrogen and oxygen atoms in total. The molecule has 10 atom stereocenters. The normalized spacial score (nSPS) is 38.8. The predicted molar refractivity (Wildman–Crippen MR) is 207 cm³/mol. The molecule has 0 heterocycles. The number of hydrogen-bond donors (Lipinski definition) is 1. The first kappa shape index (κ1) is 40.8. The summed E-state index contributed by atoms with van der Waals surface area (Å²) in [7, 11) is 0. The first-order chi connectivity index (χ1) is 24.8. The second kappa shape index (κ2) is 16.5. The fraction of sp³-hybridized carbons (Fsp3) is 0.867. The van der Waals surface area contributed by atoms with Gasteiger partial charge in [-0.15, -0.1) is 0 Å². The van der Waals surface area contributed by atoms with Crippen LogP contribution in [-0.2, 0) is 9.53 Å². The van der Waals surface area contributed by atoms with Crippen LogP contribution in [0.1, 0.15) is 151 Å². The molecule has 0 radical (unpaired) electrons. The van der Waals surface area contributed by atoms with E-state index in [0.717, 1.165) is 84.0 Å². The third-order valence-electron chi connectivity index (χ3n) is 16.8. The summed E-state index contributed by atoms with van der Waals surface area (Å²) in [6, 6.07) is 6.72. The van der Waals surface area contributed by atoms with E-state index in [1.165, 1.54) is 37.7 Å². The molecule has 0 aliphatic heterocycles. The number of fused-ring (bicyclic) bond motifs is 7. The second-order valence-corrected chi connectivity index (χ2v) is 19.3. The van der Waals surface area contributed by atoms with Gasteiger partial charge in [-0.25, -0.2) is 0 Å². The van der Waals surface area contributed by atoms with Gasteiger partial charge in [-0.2, -0.15) is 15.8 Å². The van der Waals surface area contributed by atoms with Crippen molar-refractivity contribution in [2.24, 2.45) is 56.7 Å². The molecule has 0 bridgehead atoms. The highest BCUT2D eigenvalue weighted by Gasteiger charge is 2.72. The molecule has 288 valence electrons. The molecule has 0 aromatic rings. The first-order valence-electron chi connectivity index (χ1n) is 21.2. The van der Waals surface area contributed by atoms with Gasteiger partial charge in [-0.3, -0.25) is 4.79 Å². The van der Waals surface area contributed by atoms with E-state index in [9.17, 15) is 4.79 Å². The Morgan fingerprint density at radius 1 is 0.769 bits per heavy atom. The first-order valence-corrected chi connectivity index (χ1v) is 21.2. The topological polar surface area (TPSA) is 113 Å². The van der Waals surface area contributed by atoms with E-state index in [2.05, 4.69) is 76.5 Å². The van der Waals surface area contributed by atoms with E-state index >= 15 is 0 Å². The van der Waals surface area contributed by atoms with Crippen LogP contribution in [0.25, 0.3) is 0 Å². The van der Waals surface area contributed by atoms with Crippen LogP contribution in [0.5, 0.6) is 0 Å². The average Bonchev–Trinajstić information content (AvgIpc) is 3.51. The Bertz CT molecular complexity index is 1390. The molecule has 5 fully saturated rings. The van der Waals surface area contributed by atoms with Crippen molar-refractivity contribution in [3.05, 3.63) is 12.2 Å². The molecule has 1 N–H and O–H groups in total. The molecule has 5 rings (SSSR count). The van der Waals surface area contributed by atoms with Gasteiger partial charge in [0.15, 0.2) is 0 Å². The van der Waals surface area contributed by atoms with Gasteiger partial charge in [0.25, 0.3) is 0 Å². The van der Waals surface area contributed by atoms with Crippen LogP contribution in [0.15, 0.2) is 12.2 Å². The van der Waals surface area contributed by atoms with Crippen molar-refractivity contribution in [1.82, 2.24) is 10.2 Å². The van der Waals surface area contributed by atoms with E-state index in [4.69, 9.17) is 20.5 Å². The van der Waals surface area contributed by atoms with Crippen molar-refractivity contribution in [2.45, 2.75) is 157 Å². The minimum absolute atomic E-state index is 0.0915. The van der Waals surface area contributed by atoms with E-state index in [1.54, 1.807) is 0 Å². The lowest BCUT2D eigenvalue weighted by Crippen LogP contribution is -2.67. The molecule has 0 aromatic carbocycles. The summed E-state index contributed by atoms with van der Waals surface area (Å²) in [4.78, 5) is 16.7. The molecule has 0 spiro atoms. The smallest absolute Gasteiger partial charge is 0.226 e. The van der Waals surface area contributed by atoms with E-state index in [0.29, 0.717) is 61.4 Å². The maximum atomic E-state index is 14.5. The van der Waals surface area contributed by atoms with E-state index in [1.807, 2.05) is 0 Å². The van der Waals surface area contributed by atoms with Crippen LogP contribution in [0.2, 0.25) is 0 Å². The molecule has 52 heavy (non-hydrogen) atoms. The molecule has 0 saturated heterocycles. The van der Waals surface area contributed by atoms with Crippen LogP contribution in [0, 0.1) is 90.7 Å². The highest BCUT2D eigenvalue weighted by atomic mass is 16.5. The number of nitriles is 3. The largest absolute Gasteiger partial charge is 0.377 e. The van der Waals surface area contributed by atoms with Crippen LogP contribution in [-0.4, -0.2) is 49.7 Å². The van der Waals surface area contributed by atoms with Crippen molar-refractivity contribution in [1.29, 1.82) is 15.8 Å². The summed E-state index contributed by atoms with van der Waals surface area (Å²) in [6.07, 6.45) is 17.5. The molecule has 7 heteroatoms. The fourth-order valence-electron chi connectivity index (χ4n) is 14.0. The Labute approximate surface area is 317 Å². The lowest BCUT2D eigenvalue weighted by molar-refractivity contribution is -0.250. The standard InChI is InChI=1S/C45H71N5O2/c1-33(2)34-17-22-45(40(51)49-28-10-8-9-11-29-50(30-12-25-46)31-13-26-47)24-23-43(6)35(39(34)45)15-16-37-42(5)20-19-38(52-32-14-27-48)41(3,4)36(42)18-21-44(37,43)7/h34-39H,1,8-24,28-32H2,2-7H3,(H,49,51)/t34-,35+,36-,37+,38-,39+,42-,43+,44+,45-/m0/s1. The van der Waals surface area contributed by atoms with Gasteiger partial charge in [-0.05, 0) is 142 Å². The molecule has 5 aliphatic carbocycles. The Kier molecular flexibility index (Phi) is 13.0. The summed E-state index contributed by atoms with van der Waals surface area (Å²) < 4.78 is 6.41. The summed E-state index contributed by atoms with van der Waals surface area (Å²) in [5, 5.41) is 30.6. The van der Waals surface area contributed by atoms with Crippen molar-refractivity contribution in [2.75, 3.05) is 32.8 Å². The highest BCUT2D eigenvalue weighted by Crippen LogP contribution is 2.77. The van der Waals surface area contributed by atoms with Gasteiger partial charge in [0.05, 0.1) is 42.8 Å². The zero-order chi connectivity index (χ0) is 37.8. The van der Waals surface area contributed by atoms with Crippen LogP contribution >= 0.6 is 0 Å². The number of carbonyl (C=O) groups excluding carboxylic acids is 1. The van der Waals surface area contributed by atoms with Crippen LogP contribution in [0.3, 0.4) is 0 Å². The number of unbranched alkanes of at least 4 members (excludes halogenated alkanes) is 3. The Morgan fingerprint density at radius 3 is 2.13 bits per heavy atom. The number of rotatable bonds is 16. The summed E-state index contributed by atoms with van der Waals surface area (Å²) >= 11 is 0. The third-order valence-corrected chi connectivity index (χ3v) is 16.8. The number of allylic oxidation sites excluding steroid dienone is 1. The molecule has 0 aromatic heterocycles. The number of ether oxygens (including phenoxy) is 1. The minimum Gasteiger partial charge on any atom is -0.377 e. The van der Waals surface area contributed by atoms with Crippen molar-refractivity contribution >= 4 is 5.91 Å². The maximum absolute atomic E-state index is 14.5. The predicted octanol–water partition coefficient (Wildman–Crippen LogP) is 9.75. The van der Waals surface area contributed by atoms with Crippen molar-refractivity contribution in [3.63, 3.8) is 0 Å². The van der Waals surface area contributed by atoms with Gasteiger partial charge in [0.2, 0.25) is 5.91 Å². The van der Waals surface area contributed by atoms with Gasteiger partial charge >= 0.3 is 0 Å². The zero-order valence-electron chi connectivity index (χ0n) is 33.8. The monoisotopic (exact) mass is 714 g/mol. The van der Waals surface area contributed by atoms with Crippen LogP contribution < -0.4 is 5.32 Å². The third kappa shape index (κ3) is 7.23. The zero-order valence-corrected chi connectivity index (χ0v) is 33.8. The SMILES string of the molecule is C=C(C)[C@@H]1CC[C@]2(C(=O)NCCCCCCN(CCC#N)CCC#N)CC[C@]3(C)[C@H](CC[C@@H]4[C@@]5(C)CC[C@H](OCCC#N)C(C)(C)[C@@H]5CC[C@]43C)[C@@H]12. The summed E-state index contributed by atoms with van der Waals surface area (Å²) in [5.41, 5.74) is 1.82. The number of nitrogens with one attached hydrogen (secondary N) is 1. The molecule has 1 amide bonds. The number of nitrogens with zero attached hydrogens (tertiary/aromatic N) is 4. The highest BCUT2D eigenvalue weighted by molar-refractivity contribution is 5.83. The lowest BCUT2D eigenvalue weighted by Gasteiger charge is -2.73. The quantitative estimate of drug-likeness (QED) is 0.126. The molecule has 5 saturated carbocycles. The second-order valence-electron chi connectivity index (χ2n) is 19.3. The molecule has 5 aliphatic rings. The van der Waals surface area contributed by atoms with Gasteiger partial charge in [-0.1, -0.05) is 59.6 Å². The Morgan fingerprint density at radius 2 is 1.46 bits per heavy atom. The number of carbonyl (C=O) groups is 1. The van der Waals surface area contributed by atoms with Crippen molar-refractivity contribution < 1.29 is 9.53 Å². The number of hydrogen-bond acceptors (Lipinski definition) is 6. The molecular weight excluding hydrogens is 643 g/mol. The van der Waals surface area contributed by atoms with E-state index in [-0.39, 0.29) is 33.2 Å². The Hall–Kier alpha value is -2.40. The minimum atomic E-state index is -0.277. The van der Waals surface area contributed by atoms with Crippen LogP contribution in [0.4, 0.5) is 0 Å². The summed E-state index contributed by atoms with van der Waals surface area (Å²) in [5.74, 6) is 2.96.